The number of carbonyl (C=O) groups excluding carboxylic acids is 2. The zero-order valence-electron chi connectivity index (χ0n) is 16.7. The molecule has 0 saturated carbocycles. The monoisotopic (exact) mass is 408 g/mol. The van der Waals surface area contributed by atoms with Crippen molar-refractivity contribution in [2.75, 3.05) is 26.0 Å². The minimum absolute atomic E-state index is 0.0823. The highest BCUT2D eigenvalue weighted by molar-refractivity contribution is 7.09. The maximum Gasteiger partial charge on any atom is 0.251 e. The van der Waals surface area contributed by atoms with Gasteiger partial charge in [0.15, 0.2) is 0 Å². The Balaban J connectivity index is 1.55. The molecule has 0 spiro atoms. The summed E-state index contributed by atoms with van der Waals surface area (Å²) >= 11 is 1.60. The molecule has 150 valence electrons. The van der Waals surface area contributed by atoms with Crippen molar-refractivity contribution in [3.05, 3.63) is 70.0 Å². The molecular formula is C22H24N4O2S. The summed E-state index contributed by atoms with van der Waals surface area (Å²) in [7, 11) is 3.50. The number of rotatable bonds is 7. The van der Waals surface area contributed by atoms with Crippen LogP contribution in [0.1, 0.15) is 20.9 Å². The predicted octanol–water partition coefficient (Wildman–Crippen LogP) is 3.55. The van der Waals surface area contributed by atoms with Crippen LogP contribution in [0.5, 0.6) is 0 Å². The lowest BCUT2D eigenvalue weighted by Gasteiger charge is -2.17. The number of hydrogen-bond donors (Lipinski definition) is 2. The number of anilines is 1. The molecule has 2 N–H and O–H groups in total. The highest BCUT2D eigenvalue weighted by Crippen LogP contribution is 2.24. The van der Waals surface area contributed by atoms with Crippen LogP contribution in [0.15, 0.2) is 53.9 Å². The lowest BCUT2D eigenvalue weighted by atomic mass is 10.1. The first-order valence-corrected chi connectivity index (χ1v) is 10.1. The summed E-state index contributed by atoms with van der Waals surface area (Å²) in [6, 6.07) is 15.1. The highest BCUT2D eigenvalue weighted by Gasteiger charge is 2.10. The maximum atomic E-state index is 12.4. The number of benzene rings is 2. The van der Waals surface area contributed by atoms with Crippen molar-refractivity contribution in [3.8, 4) is 11.3 Å². The normalized spacial score (nSPS) is 10.8. The number of likely N-dealkylation sites (N-methyl/N-ethyl adjacent to an activating group) is 1. The van der Waals surface area contributed by atoms with Crippen molar-refractivity contribution >= 4 is 28.8 Å². The molecule has 0 aliphatic carbocycles. The van der Waals surface area contributed by atoms with E-state index in [1.54, 1.807) is 30.5 Å². The molecule has 0 aliphatic heterocycles. The average molecular weight is 409 g/mol. The Morgan fingerprint density at radius 2 is 1.90 bits per heavy atom. The van der Waals surface area contributed by atoms with Crippen molar-refractivity contribution in [1.29, 1.82) is 0 Å². The Hall–Kier alpha value is -3.03. The van der Waals surface area contributed by atoms with Crippen molar-refractivity contribution in [3.63, 3.8) is 0 Å². The number of thiazole rings is 1. The van der Waals surface area contributed by atoms with Gasteiger partial charge in [0.1, 0.15) is 0 Å². The second kappa shape index (κ2) is 9.45. The zero-order chi connectivity index (χ0) is 20.8. The molecule has 0 bridgehead atoms. The van der Waals surface area contributed by atoms with Gasteiger partial charge >= 0.3 is 0 Å². The molecule has 29 heavy (non-hydrogen) atoms. The molecule has 0 aliphatic rings. The third-order valence-corrected chi connectivity index (χ3v) is 5.14. The summed E-state index contributed by atoms with van der Waals surface area (Å²) in [5, 5.41) is 8.58. The quantitative estimate of drug-likeness (QED) is 0.627. The van der Waals surface area contributed by atoms with Gasteiger partial charge in [-0.3, -0.25) is 14.5 Å². The van der Waals surface area contributed by atoms with Crippen LogP contribution < -0.4 is 10.6 Å². The number of amides is 2. The Labute approximate surface area is 174 Å². The number of hydrogen-bond acceptors (Lipinski definition) is 5. The van der Waals surface area contributed by atoms with E-state index in [0.717, 1.165) is 27.5 Å². The molecule has 2 amide bonds. The first-order chi connectivity index (χ1) is 13.9. The van der Waals surface area contributed by atoms with Gasteiger partial charge in [-0.05, 0) is 43.8 Å². The SMILES string of the molecule is CNC(=O)c1ccc(CN(C)CC(=O)Nc2cccc(-c3csc(C)n3)c2)cc1. The van der Waals surface area contributed by atoms with Gasteiger partial charge in [-0.25, -0.2) is 4.98 Å². The van der Waals surface area contributed by atoms with Crippen molar-refractivity contribution in [2.45, 2.75) is 13.5 Å². The number of nitrogens with one attached hydrogen (secondary N) is 2. The fraction of sp³-hybridized carbons (Fsp3) is 0.227. The Morgan fingerprint density at radius 1 is 1.14 bits per heavy atom. The molecular weight excluding hydrogens is 384 g/mol. The topological polar surface area (TPSA) is 74.3 Å². The Bertz CT molecular complexity index is 998. The molecule has 6 nitrogen and oxygen atoms in total. The largest absolute Gasteiger partial charge is 0.355 e. The maximum absolute atomic E-state index is 12.4. The van der Waals surface area contributed by atoms with Gasteiger partial charge in [-0.1, -0.05) is 24.3 Å². The lowest BCUT2D eigenvalue weighted by molar-refractivity contribution is -0.117. The molecule has 3 aromatic rings. The van der Waals surface area contributed by atoms with Gasteiger partial charge in [-0.15, -0.1) is 11.3 Å². The molecule has 2 aromatic carbocycles. The first-order valence-electron chi connectivity index (χ1n) is 9.26. The van der Waals surface area contributed by atoms with Crippen LogP contribution in [0.25, 0.3) is 11.3 Å². The summed E-state index contributed by atoms with van der Waals surface area (Å²) < 4.78 is 0. The van der Waals surface area contributed by atoms with Gasteiger partial charge in [0, 0.05) is 35.8 Å². The van der Waals surface area contributed by atoms with Crippen LogP contribution in [0.3, 0.4) is 0 Å². The van der Waals surface area contributed by atoms with Crippen LogP contribution in [-0.2, 0) is 11.3 Å². The van der Waals surface area contributed by atoms with Crippen LogP contribution in [0.2, 0.25) is 0 Å². The predicted molar refractivity (Wildman–Crippen MR) is 117 cm³/mol. The molecule has 1 aromatic heterocycles. The molecule has 0 unspecified atom stereocenters. The van der Waals surface area contributed by atoms with Crippen LogP contribution in [0, 0.1) is 6.92 Å². The van der Waals surface area contributed by atoms with E-state index in [2.05, 4.69) is 15.6 Å². The van der Waals surface area contributed by atoms with Gasteiger partial charge in [0.25, 0.3) is 5.91 Å². The van der Waals surface area contributed by atoms with E-state index in [9.17, 15) is 9.59 Å². The molecule has 3 rings (SSSR count). The minimum atomic E-state index is -0.112. The van der Waals surface area contributed by atoms with Crippen LogP contribution in [-0.4, -0.2) is 42.3 Å². The summed E-state index contributed by atoms with van der Waals surface area (Å²) in [6.07, 6.45) is 0. The molecule has 1 heterocycles. The van der Waals surface area contributed by atoms with E-state index in [1.807, 2.05) is 60.6 Å². The van der Waals surface area contributed by atoms with Crippen molar-refractivity contribution < 1.29 is 9.59 Å². The zero-order valence-corrected chi connectivity index (χ0v) is 17.5. The number of aryl methyl sites for hydroxylation is 1. The number of carbonyl (C=O) groups is 2. The van der Waals surface area contributed by atoms with E-state index in [4.69, 9.17) is 0 Å². The van der Waals surface area contributed by atoms with E-state index >= 15 is 0 Å². The van der Waals surface area contributed by atoms with Gasteiger partial charge in [0.2, 0.25) is 5.91 Å². The second-order valence-electron chi connectivity index (χ2n) is 6.83. The fourth-order valence-corrected chi connectivity index (χ4v) is 3.59. The van der Waals surface area contributed by atoms with Gasteiger partial charge in [0.05, 0.1) is 17.2 Å². The fourth-order valence-electron chi connectivity index (χ4n) is 2.97. The van der Waals surface area contributed by atoms with Crippen LogP contribution in [0.4, 0.5) is 5.69 Å². The van der Waals surface area contributed by atoms with E-state index < -0.39 is 0 Å². The lowest BCUT2D eigenvalue weighted by Crippen LogP contribution is -2.29. The smallest absolute Gasteiger partial charge is 0.251 e. The Morgan fingerprint density at radius 3 is 2.55 bits per heavy atom. The average Bonchev–Trinajstić information content (AvgIpc) is 3.14. The molecule has 7 heteroatoms. The van der Waals surface area contributed by atoms with Gasteiger partial charge in [-0.2, -0.15) is 0 Å². The third kappa shape index (κ3) is 5.73. The van der Waals surface area contributed by atoms with E-state index in [1.165, 1.54) is 0 Å². The first kappa shape index (κ1) is 20.7. The number of aromatic nitrogens is 1. The molecule has 0 atom stereocenters. The standard InChI is InChI=1S/C22H24N4O2S/c1-15-24-20(14-29-15)18-5-4-6-19(11-18)25-21(27)13-26(3)12-16-7-9-17(10-8-16)22(28)23-2/h4-11,14H,12-13H2,1-3H3,(H,23,28)(H,25,27). The molecule has 0 fully saturated rings. The van der Waals surface area contributed by atoms with Crippen molar-refractivity contribution in [1.82, 2.24) is 15.2 Å². The molecule has 0 saturated heterocycles. The van der Waals surface area contributed by atoms with Crippen LogP contribution >= 0.6 is 11.3 Å². The summed E-state index contributed by atoms with van der Waals surface area (Å²) in [5.41, 5.74) is 4.31. The minimum Gasteiger partial charge on any atom is -0.355 e. The van der Waals surface area contributed by atoms with Crippen molar-refractivity contribution in [2.24, 2.45) is 0 Å². The summed E-state index contributed by atoms with van der Waals surface area (Å²) in [5.74, 6) is -0.194. The molecule has 0 radical (unpaired) electrons. The Kier molecular flexibility index (Phi) is 6.74. The van der Waals surface area contributed by atoms with E-state index in [-0.39, 0.29) is 18.4 Å². The van der Waals surface area contributed by atoms with E-state index in [0.29, 0.717) is 12.1 Å². The highest BCUT2D eigenvalue weighted by atomic mass is 32.1. The number of nitrogens with zero attached hydrogens (tertiary/aromatic N) is 2. The summed E-state index contributed by atoms with van der Waals surface area (Å²) in [6.45, 7) is 2.85. The second-order valence-corrected chi connectivity index (χ2v) is 7.89. The van der Waals surface area contributed by atoms with Gasteiger partial charge < -0.3 is 10.6 Å². The third-order valence-electron chi connectivity index (χ3n) is 4.37. The summed E-state index contributed by atoms with van der Waals surface area (Å²) in [4.78, 5) is 30.5.